The number of ether oxygens (including phenoxy) is 1. The molecule has 6 heteroatoms. The van der Waals surface area contributed by atoms with Crippen molar-refractivity contribution in [3.05, 3.63) is 52.9 Å². The number of hydrogen-bond acceptors (Lipinski definition) is 5. The molecule has 1 saturated heterocycles. The fraction of sp³-hybridized carbons (Fsp3) is 0.474. The van der Waals surface area contributed by atoms with Crippen molar-refractivity contribution in [2.24, 2.45) is 0 Å². The molecule has 1 fully saturated rings. The Bertz CT molecular complexity index is 723. The molecule has 0 bridgehead atoms. The first-order valence-corrected chi connectivity index (χ1v) is 8.92. The lowest BCUT2D eigenvalue weighted by atomic mass is 9.91. The van der Waals surface area contributed by atoms with E-state index in [1.165, 1.54) is 5.56 Å². The van der Waals surface area contributed by atoms with Gasteiger partial charge >= 0.3 is 0 Å². The molecule has 1 amide bonds. The van der Waals surface area contributed by atoms with Gasteiger partial charge in [-0.05, 0) is 25.0 Å². The Morgan fingerprint density at radius 2 is 2.04 bits per heavy atom. The molecule has 1 aromatic heterocycles. The Kier molecular flexibility index (Phi) is 4.81. The van der Waals surface area contributed by atoms with Gasteiger partial charge in [0.2, 0.25) is 0 Å². The van der Waals surface area contributed by atoms with Gasteiger partial charge in [-0.2, -0.15) is 0 Å². The molecule has 6 nitrogen and oxygen atoms in total. The number of hydrogen-bond donors (Lipinski definition) is 1. The van der Waals surface area contributed by atoms with E-state index in [0.717, 1.165) is 63.6 Å². The van der Waals surface area contributed by atoms with Crippen LogP contribution in [0.5, 0.6) is 0 Å². The zero-order chi connectivity index (χ0) is 17.1. The van der Waals surface area contributed by atoms with E-state index >= 15 is 0 Å². The standard InChI is InChI=1S/C19H23N3O3/c23-19(14-4-2-1-3-5-14)20-15-6-7-18-16(12-15)17(21-25-18)13-22-8-10-24-11-9-22/h1-5,15H,6-13H2,(H,20,23). The van der Waals surface area contributed by atoms with E-state index in [1.807, 2.05) is 30.3 Å². The van der Waals surface area contributed by atoms with Crippen molar-refractivity contribution in [2.45, 2.75) is 31.8 Å². The second-order valence-corrected chi connectivity index (χ2v) is 6.70. The summed E-state index contributed by atoms with van der Waals surface area (Å²) in [4.78, 5) is 14.7. The van der Waals surface area contributed by atoms with Gasteiger partial charge in [-0.1, -0.05) is 23.4 Å². The van der Waals surface area contributed by atoms with Crippen LogP contribution >= 0.6 is 0 Å². The maximum atomic E-state index is 12.4. The van der Waals surface area contributed by atoms with Crippen LogP contribution in [0.2, 0.25) is 0 Å². The van der Waals surface area contributed by atoms with Crippen LogP contribution in [0.3, 0.4) is 0 Å². The minimum Gasteiger partial charge on any atom is -0.379 e. The lowest BCUT2D eigenvalue weighted by molar-refractivity contribution is 0.0331. The largest absolute Gasteiger partial charge is 0.379 e. The van der Waals surface area contributed by atoms with Crippen LogP contribution in [0.4, 0.5) is 0 Å². The molecule has 1 atom stereocenters. The molecule has 2 aliphatic rings. The molecule has 1 unspecified atom stereocenters. The van der Waals surface area contributed by atoms with E-state index in [4.69, 9.17) is 9.26 Å². The zero-order valence-electron chi connectivity index (χ0n) is 14.2. The van der Waals surface area contributed by atoms with Crippen LogP contribution < -0.4 is 5.32 Å². The highest BCUT2D eigenvalue weighted by atomic mass is 16.5. The summed E-state index contributed by atoms with van der Waals surface area (Å²) in [6.45, 7) is 4.19. The molecule has 25 heavy (non-hydrogen) atoms. The topological polar surface area (TPSA) is 67.6 Å². The summed E-state index contributed by atoms with van der Waals surface area (Å²) in [6.07, 6.45) is 2.50. The number of morpholine rings is 1. The lowest BCUT2D eigenvalue weighted by Crippen LogP contribution is -2.39. The quantitative estimate of drug-likeness (QED) is 0.918. The normalized spacial score (nSPS) is 20.9. The first-order valence-electron chi connectivity index (χ1n) is 8.92. The molecule has 1 aliphatic carbocycles. The van der Waals surface area contributed by atoms with Crippen molar-refractivity contribution < 1.29 is 14.1 Å². The van der Waals surface area contributed by atoms with Crippen molar-refractivity contribution in [1.82, 2.24) is 15.4 Å². The van der Waals surface area contributed by atoms with Crippen LogP contribution in [0, 0.1) is 0 Å². The van der Waals surface area contributed by atoms with Crippen molar-refractivity contribution in [3.8, 4) is 0 Å². The number of amides is 1. The van der Waals surface area contributed by atoms with Gasteiger partial charge in [0.1, 0.15) is 11.5 Å². The maximum Gasteiger partial charge on any atom is 0.251 e. The Hall–Kier alpha value is -2.18. The number of aryl methyl sites for hydroxylation is 1. The van der Waals surface area contributed by atoms with Gasteiger partial charge in [-0.15, -0.1) is 0 Å². The third kappa shape index (κ3) is 3.75. The first-order chi connectivity index (χ1) is 12.3. The second-order valence-electron chi connectivity index (χ2n) is 6.70. The van der Waals surface area contributed by atoms with Gasteiger partial charge in [0.15, 0.2) is 0 Å². The van der Waals surface area contributed by atoms with Gasteiger partial charge < -0.3 is 14.6 Å². The third-order valence-corrected chi connectivity index (χ3v) is 4.97. The molecule has 0 saturated carbocycles. The highest BCUT2D eigenvalue weighted by Gasteiger charge is 2.27. The summed E-state index contributed by atoms with van der Waals surface area (Å²) in [5.41, 5.74) is 2.89. The number of nitrogens with zero attached hydrogens (tertiary/aromatic N) is 2. The number of nitrogens with one attached hydrogen (secondary N) is 1. The third-order valence-electron chi connectivity index (χ3n) is 4.97. The van der Waals surface area contributed by atoms with Crippen molar-refractivity contribution in [2.75, 3.05) is 26.3 Å². The summed E-state index contributed by atoms with van der Waals surface area (Å²) >= 11 is 0. The SMILES string of the molecule is O=C(NC1CCc2onc(CN3CCOCC3)c2C1)c1ccccc1. The van der Waals surface area contributed by atoms with Crippen molar-refractivity contribution in [3.63, 3.8) is 0 Å². The fourth-order valence-corrected chi connectivity index (χ4v) is 3.54. The Morgan fingerprint density at radius 1 is 1.24 bits per heavy atom. The van der Waals surface area contributed by atoms with E-state index in [1.54, 1.807) is 0 Å². The van der Waals surface area contributed by atoms with E-state index in [2.05, 4.69) is 15.4 Å². The van der Waals surface area contributed by atoms with Crippen LogP contribution in [0.1, 0.15) is 33.8 Å². The summed E-state index contributed by atoms with van der Waals surface area (Å²) in [5, 5.41) is 7.45. The predicted molar refractivity (Wildman–Crippen MR) is 92.3 cm³/mol. The highest BCUT2D eigenvalue weighted by molar-refractivity contribution is 5.94. The average molecular weight is 341 g/mol. The van der Waals surface area contributed by atoms with Crippen LogP contribution in [-0.4, -0.2) is 48.3 Å². The molecule has 1 N–H and O–H groups in total. The molecule has 1 aromatic carbocycles. The summed E-state index contributed by atoms with van der Waals surface area (Å²) < 4.78 is 10.9. The number of carbonyl (C=O) groups is 1. The molecule has 1 aliphatic heterocycles. The Labute approximate surface area is 147 Å². The zero-order valence-corrected chi connectivity index (χ0v) is 14.2. The summed E-state index contributed by atoms with van der Waals surface area (Å²) in [7, 11) is 0. The highest BCUT2D eigenvalue weighted by Crippen LogP contribution is 2.26. The molecule has 2 aromatic rings. The minimum atomic E-state index is -0.0137. The van der Waals surface area contributed by atoms with E-state index in [-0.39, 0.29) is 11.9 Å². The van der Waals surface area contributed by atoms with Gasteiger partial charge in [0.05, 0.1) is 13.2 Å². The van der Waals surface area contributed by atoms with Gasteiger partial charge in [0, 0.05) is 43.2 Å². The predicted octanol–water partition coefficient (Wildman–Crippen LogP) is 1.79. The molecular weight excluding hydrogens is 318 g/mol. The first kappa shape index (κ1) is 16.3. The Morgan fingerprint density at radius 3 is 2.84 bits per heavy atom. The Balaban J connectivity index is 1.41. The van der Waals surface area contributed by atoms with Crippen molar-refractivity contribution >= 4 is 5.91 Å². The molecule has 132 valence electrons. The fourth-order valence-electron chi connectivity index (χ4n) is 3.54. The van der Waals surface area contributed by atoms with E-state index < -0.39 is 0 Å². The van der Waals surface area contributed by atoms with Crippen molar-refractivity contribution in [1.29, 1.82) is 0 Å². The number of carbonyl (C=O) groups excluding carboxylic acids is 1. The molecule has 2 heterocycles. The van der Waals surface area contributed by atoms with Gasteiger partial charge in [0.25, 0.3) is 5.91 Å². The average Bonchev–Trinajstić information content (AvgIpc) is 3.05. The van der Waals surface area contributed by atoms with Crippen LogP contribution in [0.15, 0.2) is 34.9 Å². The molecule has 0 spiro atoms. The van der Waals surface area contributed by atoms with E-state index in [9.17, 15) is 4.79 Å². The van der Waals surface area contributed by atoms with Gasteiger partial charge in [-0.3, -0.25) is 9.69 Å². The van der Waals surface area contributed by atoms with Gasteiger partial charge in [-0.25, -0.2) is 0 Å². The van der Waals surface area contributed by atoms with Crippen LogP contribution in [-0.2, 0) is 24.1 Å². The minimum absolute atomic E-state index is 0.0137. The number of fused-ring (bicyclic) bond motifs is 1. The molecule has 0 radical (unpaired) electrons. The second kappa shape index (κ2) is 7.37. The summed E-state index contributed by atoms with van der Waals surface area (Å²) in [6, 6.07) is 9.49. The van der Waals surface area contributed by atoms with E-state index in [0.29, 0.717) is 5.56 Å². The summed E-state index contributed by atoms with van der Waals surface area (Å²) in [5.74, 6) is 0.966. The number of aromatic nitrogens is 1. The molecular formula is C19H23N3O3. The molecule has 4 rings (SSSR count). The maximum absolute atomic E-state index is 12.4. The number of benzene rings is 1. The van der Waals surface area contributed by atoms with Crippen LogP contribution in [0.25, 0.3) is 0 Å². The smallest absolute Gasteiger partial charge is 0.251 e. The lowest BCUT2D eigenvalue weighted by Gasteiger charge is -2.27. The monoisotopic (exact) mass is 341 g/mol. The number of rotatable bonds is 4.